The molecule has 0 radical (unpaired) electrons. The number of carbonyl (C=O) groups is 3. The van der Waals surface area contributed by atoms with E-state index in [0.717, 1.165) is 6.92 Å². The molecule has 0 saturated heterocycles. The van der Waals surface area contributed by atoms with Gasteiger partial charge in [0, 0.05) is 26.5 Å². The quantitative estimate of drug-likeness (QED) is 0.319. The number of benzene rings is 1. The molecule has 32 heavy (non-hydrogen) atoms. The summed E-state index contributed by atoms with van der Waals surface area (Å²) in [7, 11) is -1.22. The van der Waals surface area contributed by atoms with Crippen LogP contribution >= 0.6 is 7.60 Å². The van der Waals surface area contributed by atoms with Crippen molar-refractivity contribution in [3.05, 3.63) is 41.6 Å². The molecule has 0 aliphatic rings. The van der Waals surface area contributed by atoms with Crippen LogP contribution in [0.3, 0.4) is 0 Å². The number of carbonyl (C=O) groups excluding carboxylic acids is 3. The number of ether oxygens (including phenoxy) is 2. The number of aromatic nitrogens is 1. The fourth-order valence-corrected chi connectivity index (χ4v) is 4.26. The van der Waals surface area contributed by atoms with Crippen LogP contribution in [0.5, 0.6) is 0 Å². The number of para-hydroxylation sites is 1. The molecule has 11 heteroatoms. The molecule has 0 aliphatic heterocycles. The Morgan fingerprint density at radius 1 is 1.03 bits per heavy atom. The number of rotatable bonds is 10. The average Bonchev–Trinajstić information content (AvgIpc) is 2.77. The van der Waals surface area contributed by atoms with Gasteiger partial charge in [-0.2, -0.15) is 0 Å². The molecule has 174 valence electrons. The number of hydrogen-bond acceptors (Lipinski definition) is 9. The predicted octanol–water partition coefficient (Wildman–Crippen LogP) is 2.68. The highest BCUT2D eigenvalue weighted by Crippen LogP contribution is 2.51. The monoisotopic (exact) mass is 466 g/mol. The van der Waals surface area contributed by atoms with Crippen molar-refractivity contribution in [1.82, 2.24) is 10.3 Å². The zero-order valence-corrected chi connectivity index (χ0v) is 19.6. The van der Waals surface area contributed by atoms with Gasteiger partial charge >= 0.3 is 19.5 Å². The highest BCUT2D eigenvalue weighted by molar-refractivity contribution is 7.52. The highest BCUT2D eigenvalue weighted by atomic mass is 31.2. The number of nitrogens with one attached hydrogen (secondary N) is 1. The summed E-state index contributed by atoms with van der Waals surface area (Å²) in [5.74, 6) is -2.86. The minimum atomic E-state index is -3.66. The van der Waals surface area contributed by atoms with Gasteiger partial charge in [-0.1, -0.05) is 18.2 Å². The van der Waals surface area contributed by atoms with Crippen molar-refractivity contribution in [3.8, 4) is 0 Å². The van der Waals surface area contributed by atoms with E-state index in [0.29, 0.717) is 10.9 Å². The van der Waals surface area contributed by atoms with E-state index >= 15 is 0 Å². The van der Waals surface area contributed by atoms with E-state index in [9.17, 15) is 18.9 Å². The zero-order chi connectivity index (χ0) is 23.9. The molecule has 1 heterocycles. The van der Waals surface area contributed by atoms with Crippen molar-refractivity contribution in [1.29, 1.82) is 0 Å². The number of amides is 1. The predicted molar refractivity (Wildman–Crippen MR) is 116 cm³/mol. The lowest BCUT2D eigenvalue weighted by molar-refractivity contribution is -0.169. The van der Waals surface area contributed by atoms with Gasteiger partial charge in [-0.25, -0.2) is 14.6 Å². The van der Waals surface area contributed by atoms with Crippen LogP contribution in [0.1, 0.15) is 32.0 Å². The molecule has 10 nitrogen and oxygen atoms in total. The summed E-state index contributed by atoms with van der Waals surface area (Å²) in [4.78, 5) is 43.1. The van der Waals surface area contributed by atoms with Crippen molar-refractivity contribution in [3.63, 3.8) is 0 Å². The first-order chi connectivity index (χ1) is 15.2. The van der Waals surface area contributed by atoms with Crippen LogP contribution in [0.4, 0.5) is 0 Å². The van der Waals surface area contributed by atoms with E-state index in [1.807, 2.05) is 0 Å². The highest BCUT2D eigenvalue weighted by Gasteiger charge is 2.55. The summed E-state index contributed by atoms with van der Waals surface area (Å²) in [5, 5.41) is 3.03. The number of pyridine rings is 1. The maximum Gasteiger partial charge on any atom is 0.350 e. The first-order valence-electron chi connectivity index (χ1n) is 9.90. The van der Waals surface area contributed by atoms with Gasteiger partial charge in [0.25, 0.3) is 5.54 Å². The second-order valence-corrected chi connectivity index (χ2v) is 8.96. The molecule has 2 rings (SSSR count). The van der Waals surface area contributed by atoms with Gasteiger partial charge in [0.1, 0.15) is 0 Å². The summed E-state index contributed by atoms with van der Waals surface area (Å²) >= 11 is 0. The Morgan fingerprint density at radius 2 is 1.59 bits per heavy atom. The Hall–Kier alpha value is -2.81. The van der Waals surface area contributed by atoms with Crippen molar-refractivity contribution < 1.29 is 37.5 Å². The van der Waals surface area contributed by atoms with Gasteiger partial charge in [-0.05, 0) is 31.5 Å². The minimum absolute atomic E-state index is 0.0723. The molecular weight excluding hydrogens is 439 g/mol. The maximum absolute atomic E-state index is 13.2. The van der Waals surface area contributed by atoms with Crippen LogP contribution in [0, 0.1) is 0 Å². The topological polar surface area (TPSA) is 130 Å². The molecule has 0 unspecified atom stereocenters. The molecule has 1 amide bonds. The molecular formula is C21H27N2O8P. The van der Waals surface area contributed by atoms with Gasteiger partial charge < -0.3 is 23.8 Å². The summed E-state index contributed by atoms with van der Waals surface area (Å²) in [5.41, 5.74) is -1.99. The van der Waals surface area contributed by atoms with Gasteiger partial charge in [0.05, 0.1) is 30.6 Å². The van der Waals surface area contributed by atoms with Crippen LogP contribution in [0.15, 0.2) is 30.3 Å². The Morgan fingerprint density at radius 3 is 2.09 bits per heavy atom. The number of esters is 2. The molecule has 0 saturated carbocycles. The smallest absolute Gasteiger partial charge is 0.350 e. The molecule has 0 spiro atoms. The van der Waals surface area contributed by atoms with Crippen molar-refractivity contribution in [2.24, 2.45) is 0 Å². The van der Waals surface area contributed by atoms with E-state index in [1.165, 1.54) is 14.2 Å². The number of nitrogens with zero attached hydrogens (tertiary/aromatic N) is 1. The summed E-state index contributed by atoms with van der Waals surface area (Å²) in [6, 6.07) is 8.54. The average molecular weight is 466 g/mol. The third-order valence-corrected chi connectivity index (χ3v) is 6.45. The van der Waals surface area contributed by atoms with Crippen LogP contribution in [0.2, 0.25) is 0 Å². The lowest BCUT2D eigenvalue weighted by atomic mass is 9.90. The lowest BCUT2D eigenvalue weighted by Gasteiger charge is -2.31. The first kappa shape index (κ1) is 25.5. The van der Waals surface area contributed by atoms with Crippen molar-refractivity contribution in [2.75, 3.05) is 27.4 Å². The molecule has 2 aromatic rings. The second kappa shape index (κ2) is 10.7. The Balaban J connectivity index is 2.94. The van der Waals surface area contributed by atoms with E-state index < -0.39 is 31.0 Å². The molecule has 0 atom stereocenters. The number of hydrogen-bond donors (Lipinski definition) is 1. The molecule has 1 aromatic heterocycles. The second-order valence-electron chi connectivity index (χ2n) is 6.70. The molecule has 1 aromatic carbocycles. The fraction of sp³-hybridized carbons (Fsp3) is 0.429. The Kier molecular flexibility index (Phi) is 8.49. The van der Waals surface area contributed by atoms with E-state index in [2.05, 4.69) is 10.3 Å². The maximum atomic E-state index is 13.2. The van der Waals surface area contributed by atoms with E-state index in [-0.39, 0.29) is 30.6 Å². The SMILES string of the molecule is CCOC(=O)C(NC(C)=O)(C(=O)OCC)c1nc2ccccc2cc1CP(=O)(OC)OC. The number of fused-ring (bicyclic) bond motifs is 1. The van der Waals surface area contributed by atoms with Gasteiger partial charge in [-0.15, -0.1) is 0 Å². The Labute approximate surface area is 186 Å². The van der Waals surface area contributed by atoms with Crippen LogP contribution < -0.4 is 5.32 Å². The van der Waals surface area contributed by atoms with Crippen LogP contribution in [-0.2, 0) is 49.2 Å². The molecule has 0 aliphatic carbocycles. The molecule has 0 bridgehead atoms. The standard InChI is InChI=1S/C21H27N2O8P/c1-6-30-19(25)21(23-14(3)24,20(26)31-7-2)18-16(13-32(27,28-4)29-5)12-15-10-8-9-11-17(15)22-18/h8-12H,6-7,13H2,1-5H3,(H,23,24). The fourth-order valence-electron chi connectivity index (χ4n) is 3.20. The Bertz CT molecular complexity index is 1030. The zero-order valence-electron chi connectivity index (χ0n) is 18.7. The third-order valence-electron chi connectivity index (χ3n) is 4.61. The third kappa shape index (κ3) is 5.15. The van der Waals surface area contributed by atoms with E-state index in [4.69, 9.17) is 18.5 Å². The van der Waals surface area contributed by atoms with Gasteiger partial charge in [0.2, 0.25) is 5.91 Å². The summed E-state index contributed by atoms with van der Waals surface area (Å²) in [6.07, 6.45) is -0.326. The summed E-state index contributed by atoms with van der Waals surface area (Å²) < 4.78 is 33.4. The summed E-state index contributed by atoms with van der Waals surface area (Å²) in [6.45, 7) is 4.11. The normalized spacial score (nSPS) is 11.8. The van der Waals surface area contributed by atoms with Crippen LogP contribution in [-0.4, -0.2) is 50.3 Å². The lowest BCUT2D eigenvalue weighted by Crippen LogP contribution is -2.59. The van der Waals surface area contributed by atoms with Crippen LogP contribution in [0.25, 0.3) is 10.9 Å². The largest absolute Gasteiger partial charge is 0.463 e. The molecule has 0 fully saturated rings. The molecule has 1 N–H and O–H groups in total. The van der Waals surface area contributed by atoms with Gasteiger partial charge in [-0.3, -0.25) is 9.36 Å². The van der Waals surface area contributed by atoms with Crippen molar-refractivity contribution in [2.45, 2.75) is 32.5 Å². The van der Waals surface area contributed by atoms with Crippen molar-refractivity contribution >= 4 is 36.3 Å². The first-order valence-corrected chi connectivity index (χ1v) is 11.6. The van der Waals surface area contributed by atoms with Gasteiger partial charge in [0.15, 0.2) is 0 Å². The van der Waals surface area contributed by atoms with E-state index in [1.54, 1.807) is 44.2 Å². The minimum Gasteiger partial charge on any atom is -0.463 e.